The highest BCUT2D eigenvalue weighted by Crippen LogP contribution is 2.31. The summed E-state index contributed by atoms with van der Waals surface area (Å²) in [5.41, 5.74) is 1.41. The second-order valence-corrected chi connectivity index (χ2v) is 10.9. The minimum Gasteiger partial charge on any atom is -0.497 e. The molecule has 1 atom stereocenters. The lowest BCUT2D eigenvalue weighted by molar-refractivity contribution is -0.139. The number of rotatable bonds is 7. The summed E-state index contributed by atoms with van der Waals surface area (Å²) < 4.78 is 18.9. The standard InChI is InChI=1S/C29H34N4O5S/c1-6-37-28(35)25-18(2)30-29-33(26(25)19-7-9-21(36-5)10-8-19)27(34)23(39-29)17-22-11-12-24(38-22)32-15-13-20(14-16-32)31(3)4/h7-12,17,20,26H,6,13-16H2,1-5H3/b23-17-/t26-/m1/s1. The van der Waals surface area contributed by atoms with Crippen molar-refractivity contribution in [2.45, 2.75) is 38.8 Å². The number of ether oxygens (including phenoxy) is 2. The quantitative estimate of drug-likeness (QED) is 0.418. The van der Waals surface area contributed by atoms with Gasteiger partial charge in [0.15, 0.2) is 10.7 Å². The average Bonchev–Trinajstić information content (AvgIpc) is 3.52. The molecule has 1 saturated heterocycles. The van der Waals surface area contributed by atoms with E-state index in [4.69, 9.17) is 13.9 Å². The highest BCUT2D eigenvalue weighted by atomic mass is 32.1. The van der Waals surface area contributed by atoms with Gasteiger partial charge in [-0.3, -0.25) is 9.36 Å². The number of hydrogen-bond donors (Lipinski definition) is 0. The number of furan rings is 1. The number of fused-ring (bicyclic) bond motifs is 1. The number of aromatic nitrogens is 1. The maximum Gasteiger partial charge on any atom is 0.338 e. The maximum atomic E-state index is 13.8. The fourth-order valence-electron chi connectivity index (χ4n) is 5.21. The molecule has 0 N–H and O–H groups in total. The monoisotopic (exact) mass is 550 g/mol. The van der Waals surface area contributed by atoms with Gasteiger partial charge >= 0.3 is 5.97 Å². The zero-order valence-corrected chi connectivity index (χ0v) is 23.8. The third-order valence-corrected chi connectivity index (χ3v) is 8.32. The van der Waals surface area contributed by atoms with Crippen LogP contribution in [0.1, 0.15) is 44.1 Å². The molecule has 2 aliphatic heterocycles. The van der Waals surface area contributed by atoms with Crippen LogP contribution in [-0.2, 0) is 9.53 Å². The molecule has 0 amide bonds. The number of benzene rings is 1. The van der Waals surface area contributed by atoms with Crippen molar-refractivity contribution in [2.24, 2.45) is 4.99 Å². The van der Waals surface area contributed by atoms with Crippen molar-refractivity contribution < 1.29 is 18.7 Å². The summed E-state index contributed by atoms with van der Waals surface area (Å²) in [5.74, 6) is 1.61. The summed E-state index contributed by atoms with van der Waals surface area (Å²) in [7, 11) is 5.84. The van der Waals surface area contributed by atoms with Crippen molar-refractivity contribution in [2.75, 3.05) is 45.8 Å². The Bertz CT molecular complexity index is 1560. The molecule has 9 nitrogen and oxygen atoms in total. The Kier molecular flexibility index (Phi) is 7.76. The van der Waals surface area contributed by atoms with E-state index in [2.05, 4.69) is 28.9 Å². The molecule has 0 aliphatic carbocycles. The zero-order valence-electron chi connectivity index (χ0n) is 23.0. The number of carbonyl (C=O) groups is 1. The van der Waals surface area contributed by atoms with Gasteiger partial charge in [-0.1, -0.05) is 23.5 Å². The van der Waals surface area contributed by atoms with E-state index in [0.717, 1.165) is 37.4 Å². The van der Waals surface area contributed by atoms with E-state index in [9.17, 15) is 9.59 Å². The Hall–Kier alpha value is -3.63. The van der Waals surface area contributed by atoms with Crippen LogP contribution in [0.3, 0.4) is 0 Å². The Morgan fingerprint density at radius 2 is 1.90 bits per heavy atom. The van der Waals surface area contributed by atoms with Gasteiger partial charge in [0, 0.05) is 31.3 Å². The van der Waals surface area contributed by atoms with E-state index < -0.39 is 12.0 Å². The van der Waals surface area contributed by atoms with E-state index in [-0.39, 0.29) is 12.2 Å². The predicted octanol–water partition coefficient (Wildman–Crippen LogP) is 2.93. The normalized spacial score (nSPS) is 18.4. The van der Waals surface area contributed by atoms with Crippen molar-refractivity contribution in [1.29, 1.82) is 0 Å². The first-order chi connectivity index (χ1) is 18.8. The second kappa shape index (κ2) is 11.2. The molecule has 0 bridgehead atoms. The van der Waals surface area contributed by atoms with Crippen molar-refractivity contribution >= 4 is 29.3 Å². The molecule has 10 heteroatoms. The van der Waals surface area contributed by atoms with Crippen LogP contribution < -0.4 is 24.5 Å². The third-order valence-electron chi connectivity index (χ3n) is 7.34. The van der Waals surface area contributed by atoms with Gasteiger partial charge in [0.05, 0.1) is 35.6 Å². The third kappa shape index (κ3) is 5.31. The van der Waals surface area contributed by atoms with E-state index in [1.54, 1.807) is 31.6 Å². The van der Waals surface area contributed by atoms with E-state index in [1.165, 1.54) is 11.3 Å². The maximum absolute atomic E-state index is 13.8. The molecule has 1 aromatic carbocycles. The van der Waals surface area contributed by atoms with Crippen LogP contribution >= 0.6 is 11.3 Å². The number of nitrogens with zero attached hydrogens (tertiary/aromatic N) is 4. The summed E-state index contributed by atoms with van der Waals surface area (Å²) in [6, 6.07) is 11.1. The van der Waals surface area contributed by atoms with Gasteiger partial charge in [-0.2, -0.15) is 0 Å². The number of thiazole rings is 1. The van der Waals surface area contributed by atoms with Crippen molar-refractivity contribution in [3.63, 3.8) is 0 Å². The lowest BCUT2D eigenvalue weighted by atomic mass is 9.96. The first kappa shape index (κ1) is 27.0. The largest absolute Gasteiger partial charge is 0.497 e. The Labute approximate surface area is 231 Å². The molecular formula is C29H34N4O5S. The van der Waals surface area contributed by atoms with Crippen LogP contribution in [-0.4, -0.2) is 62.4 Å². The summed E-state index contributed by atoms with van der Waals surface area (Å²) in [6.45, 7) is 5.61. The van der Waals surface area contributed by atoms with Crippen molar-refractivity contribution in [3.05, 3.63) is 78.7 Å². The van der Waals surface area contributed by atoms with Gasteiger partial charge < -0.3 is 23.7 Å². The van der Waals surface area contributed by atoms with Crippen molar-refractivity contribution in [1.82, 2.24) is 9.47 Å². The van der Waals surface area contributed by atoms with Crippen LogP contribution in [0.2, 0.25) is 0 Å². The van der Waals surface area contributed by atoms with Crippen LogP contribution in [0.25, 0.3) is 6.08 Å². The predicted molar refractivity (Wildman–Crippen MR) is 151 cm³/mol. The lowest BCUT2D eigenvalue weighted by Gasteiger charge is -2.35. The SMILES string of the molecule is CCOC(=O)C1=C(C)N=c2s/c(=C\c3ccc(N4CCC(N(C)C)CC4)o3)c(=O)n2[C@@H]1c1ccc(OC)cc1. The summed E-state index contributed by atoms with van der Waals surface area (Å²) in [6.07, 6.45) is 3.92. The highest BCUT2D eigenvalue weighted by Gasteiger charge is 2.33. The Morgan fingerprint density at radius 3 is 2.54 bits per heavy atom. The molecule has 4 heterocycles. The van der Waals surface area contributed by atoms with Crippen LogP contribution in [0.4, 0.5) is 5.88 Å². The molecular weight excluding hydrogens is 516 g/mol. The molecule has 0 unspecified atom stereocenters. The molecule has 39 heavy (non-hydrogen) atoms. The fourth-order valence-corrected chi connectivity index (χ4v) is 6.24. The summed E-state index contributed by atoms with van der Waals surface area (Å²) in [4.78, 5) is 36.5. The number of carbonyl (C=O) groups excluding carboxylic acids is 1. The molecule has 2 aliphatic rings. The number of hydrogen-bond acceptors (Lipinski definition) is 9. The first-order valence-electron chi connectivity index (χ1n) is 13.2. The molecule has 0 spiro atoms. The second-order valence-electron chi connectivity index (χ2n) is 9.93. The smallest absolute Gasteiger partial charge is 0.338 e. The van der Waals surface area contributed by atoms with Gasteiger partial charge in [-0.15, -0.1) is 0 Å². The molecule has 1 fully saturated rings. The van der Waals surface area contributed by atoms with E-state index in [1.807, 2.05) is 36.4 Å². The minimum atomic E-state index is -0.668. The Balaban J connectivity index is 1.52. The van der Waals surface area contributed by atoms with Gasteiger partial charge in [0.2, 0.25) is 0 Å². The van der Waals surface area contributed by atoms with Crippen LogP contribution in [0, 0.1) is 0 Å². The molecule has 0 saturated carbocycles. The zero-order chi connectivity index (χ0) is 27.7. The van der Waals surface area contributed by atoms with Gasteiger partial charge in [-0.05, 0) is 64.5 Å². The molecule has 5 rings (SSSR count). The van der Waals surface area contributed by atoms with Crippen LogP contribution in [0.5, 0.6) is 5.75 Å². The molecule has 0 radical (unpaired) electrons. The van der Waals surface area contributed by atoms with Gasteiger partial charge in [0.25, 0.3) is 5.56 Å². The Morgan fingerprint density at radius 1 is 1.18 bits per heavy atom. The topological polar surface area (TPSA) is 89.5 Å². The van der Waals surface area contributed by atoms with Gasteiger partial charge in [-0.25, -0.2) is 9.79 Å². The highest BCUT2D eigenvalue weighted by molar-refractivity contribution is 7.07. The van der Waals surface area contributed by atoms with Crippen molar-refractivity contribution in [3.8, 4) is 5.75 Å². The number of esters is 1. The number of anilines is 1. The number of methoxy groups -OCH3 is 1. The van der Waals surface area contributed by atoms with E-state index >= 15 is 0 Å². The van der Waals surface area contributed by atoms with E-state index in [0.29, 0.717) is 38.2 Å². The number of piperidine rings is 1. The number of allylic oxidation sites excluding steroid dienone is 1. The summed E-state index contributed by atoms with van der Waals surface area (Å²) in [5, 5.41) is 0. The first-order valence-corrected chi connectivity index (χ1v) is 14.0. The minimum absolute atomic E-state index is 0.225. The van der Waals surface area contributed by atoms with Gasteiger partial charge in [0.1, 0.15) is 11.5 Å². The molecule has 3 aromatic rings. The molecule has 206 valence electrons. The fraction of sp³-hybridized carbons (Fsp3) is 0.414. The summed E-state index contributed by atoms with van der Waals surface area (Å²) >= 11 is 1.28. The average molecular weight is 551 g/mol. The molecule has 2 aromatic heterocycles. The van der Waals surface area contributed by atoms with Crippen LogP contribution in [0.15, 0.2) is 61.9 Å². The lowest BCUT2D eigenvalue weighted by Crippen LogP contribution is -2.41.